The Morgan fingerprint density at radius 3 is 2.90 bits per heavy atom. The monoisotopic (exact) mass is 404 g/mol. The van der Waals surface area contributed by atoms with E-state index in [1.165, 1.54) is 6.33 Å². The zero-order valence-corrected chi connectivity index (χ0v) is 14.7. The number of aromatic nitrogens is 4. The van der Waals surface area contributed by atoms with Crippen LogP contribution in [0.25, 0.3) is 11.0 Å². The summed E-state index contributed by atoms with van der Waals surface area (Å²) in [5.74, 6) is 1.21. The summed E-state index contributed by atoms with van der Waals surface area (Å²) in [6.45, 7) is 5.24. The van der Waals surface area contributed by atoms with E-state index in [1.807, 2.05) is 20.9 Å². The van der Waals surface area contributed by atoms with Gasteiger partial charge in [-0.25, -0.2) is 9.97 Å². The van der Waals surface area contributed by atoms with Crippen LogP contribution in [0.1, 0.15) is 13.8 Å². The molecule has 9 heteroatoms. The molecule has 0 spiro atoms. The Hall–Kier alpha value is -1.65. The Bertz CT molecular complexity index is 606. The average Bonchev–Trinajstić information content (AvgIpc) is 2.77. The third kappa shape index (κ3) is 4.69. The summed E-state index contributed by atoms with van der Waals surface area (Å²) in [5.41, 5.74) is 6.52. The quantitative estimate of drug-likeness (QED) is 0.293. The van der Waals surface area contributed by atoms with Gasteiger partial charge in [-0.3, -0.25) is 9.67 Å². The van der Waals surface area contributed by atoms with Crippen LogP contribution in [0.5, 0.6) is 0 Å². The van der Waals surface area contributed by atoms with E-state index in [2.05, 4.69) is 30.7 Å². The van der Waals surface area contributed by atoms with E-state index in [0.717, 1.165) is 16.9 Å². The van der Waals surface area contributed by atoms with Crippen LogP contribution in [0.3, 0.4) is 0 Å². The first-order valence-electron chi connectivity index (χ1n) is 6.51. The second kappa shape index (κ2) is 7.96. The second-order valence-corrected chi connectivity index (χ2v) is 4.72. The number of halogens is 1. The molecule has 0 saturated heterocycles. The smallest absolute Gasteiger partial charge is 0.188 e. The van der Waals surface area contributed by atoms with Gasteiger partial charge >= 0.3 is 0 Å². The van der Waals surface area contributed by atoms with Crippen molar-refractivity contribution >= 4 is 46.8 Å². The molecule has 0 saturated carbocycles. The summed E-state index contributed by atoms with van der Waals surface area (Å²) < 4.78 is 1.71. The van der Waals surface area contributed by atoms with E-state index in [-0.39, 0.29) is 30.0 Å². The van der Waals surface area contributed by atoms with Crippen LogP contribution in [-0.4, -0.2) is 44.8 Å². The SMILES string of the molecule is CC(C)NC(N)=NCCNc1ncnc2c1cnn2C.I. The van der Waals surface area contributed by atoms with Crippen molar-refractivity contribution < 1.29 is 0 Å². The number of anilines is 1. The van der Waals surface area contributed by atoms with Gasteiger partial charge in [0.2, 0.25) is 0 Å². The van der Waals surface area contributed by atoms with Crippen molar-refractivity contribution in [1.29, 1.82) is 0 Å². The average molecular weight is 404 g/mol. The highest BCUT2D eigenvalue weighted by atomic mass is 127. The first-order valence-corrected chi connectivity index (χ1v) is 6.51. The minimum Gasteiger partial charge on any atom is -0.370 e. The van der Waals surface area contributed by atoms with E-state index in [9.17, 15) is 0 Å². The number of rotatable bonds is 5. The molecular formula is C12H21IN8. The molecule has 0 aliphatic carbocycles. The van der Waals surface area contributed by atoms with Crippen LogP contribution < -0.4 is 16.4 Å². The molecule has 0 atom stereocenters. The van der Waals surface area contributed by atoms with Crippen molar-refractivity contribution in [1.82, 2.24) is 25.1 Å². The van der Waals surface area contributed by atoms with Crippen molar-refractivity contribution in [2.45, 2.75) is 19.9 Å². The van der Waals surface area contributed by atoms with E-state index in [4.69, 9.17) is 5.73 Å². The summed E-state index contributed by atoms with van der Waals surface area (Å²) >= 11 is 0. The number of fused-ring (bicyclic) bond motifs is 1. The Balaban J connectivity index is 0.00000220. The van der Waals surface area contributed by atoms with Crippen molar-refractivity contribution in [3.63, 3.8) is 0 Å². The predicted molar refractivity (Wildman–Crippen MR) is 95.0 cm³/mol. The molecule has 116 valence electrons. The molecule has 4 N–H and O–H groups in total. The molecule has 0 bridgehead atoms. The fraction of sp³-hybridized carbons (Fsp3) is 0.500. The van der Waals surface area contributed by atoms with Crippen molar-refractivity contribution in [3.8, 4) is 0 Å². The predicted octanol–water partition coefficient (Wildman–Crippen LogP) is 0.706. The number of aliphatic imine (C=N–C) groups is 1. The normalized spacial score (nSPS) is 11.5. The maximum atomic E-state index is 5.72. The van der Waals surface area contributed by atoms with Gasteiger partial charge in [-0.2, -0.15) is 5.10 Å². The molecule has 2 aromatic heterocycles. The minimum absolute atomic E-state index is 0. The molecule has 21 heavy (non-hydrogen) atoms. The number of aryl methyl sites for hydroxylation is 1. The van der Waals surface area contributed by atoms with Crippen LogP contribution >= 0.6 is 24.0 Å². The van der Waals surface area contributed by atoms with Gasteiger partial charge in [0.25, 0.3) is 0 Å². The lowest BCUT2D eigenvalue weighted by Crippen LogP contribution is -2.37. The zero-order valence-electron chi connectivity index (χ0n) is 12.4. The number of guanidine groups is 1. The van der Waals surface area contributed by atoms with Gasteiger partial charge in [-0.1, -0.05) is 0 Å². The van der Waals surface area contributed by atoms with E-state index < -0.39 is 0 Å². The Labute approximate surface area is 140 Å². The Morgan fingerprint density at radius 1 is 1.43 bits per heavy atom. The highest BCUT2D eigenvalue weighted by Crippen LogP contribution is 2.17. The molecule has 8 nitrogen and oxygen atoms in total. The third-order valence-electron chi connectivity index (χ3n) is 2.65. The maximum absolute atomic E-state index is 5.72. The van der Waals surface area contributed by atoms with Crippen molar-refractivity contribution in [2.24, 2.45) is 17.8 Å². The summed E-state index contributed by atoms with van der Waals surface area (Å²) in [6, 6.07) is 0.281. The molecule has 0 aromatic carbocycles. The zero-order chi connectivity index (χ0) is 14.5. The number of hydrogen-bond donors (Lipinski definition) is 3. The van der Waals surface area contributed by atoms with Crippen LogP contribution in [0, 0.1) is 0 Å². The standard InChI is InChI=1S/C12H20N8.HI/c1-8(2)19-12(13)15-5-4-14-10-9-6-18-20(3)11(9)17-7-16-10;/h6-8H,4-5H2,1-3H3,(H3,13,15,19)(H,14,16,17);1H. The van der Waals surface area contributed by atoms with Gasteiger partial charge in [0.05, 0.1) is 18.1 Å². The summed E-state index contributed by atoms with van der Waals surface area (Å²) in [4.78, 5) is 12.6. The van der Waals surface area contributed by atoms with E-state index in [1.54, 1.807) is 10.9 Å². The Kier molecular flexibility index (Phi) is 6.59. The molecule has 0 aliphatic heterocycles. The van der Waals surface area contributed by atoms with Crippen molar-refractivity contribution in [2.75, 3.05) is 18.4 Å². The first-order chi connectivity index (χ1) is 9.58. The molecule has 0 radical (unpaired) electrons. The maximum Gasteiger partial charge on any atom is 0.188 e. The van der Waals surface area contributed by atoms with Crippen LogP contribution in [0.2, 0.25) is 0 Å². The van der Waals surface area contributed by atoms with Gasteiger partial charge in [-0.05, 0) is 13.8 Å². The number of nitrogens with zero attached hydrogens (tertiary/aromatic N) is 5. The van der Waals surface area contributed by atoms with Gasteiger partial charge in [-0.15, -0.1) is 24.0 Å². The summed E-state index contributed by atoms with van der Waals surface area (Å²) in [6.07, 6.45) is 3.26. The highest BCUT2D eigenvalue weighted by molar-refractivity contribution is 14.0. The van der Waals surface area contributed by atoms with Gasteiger partial charge in [0, 0.05) is 19.6 Å². The van der Waals surface area contributed by atoms with Gasteiger partial charge in [0.15, 0.2) is 11.6 Å². The van der Waals surface area contributed by atoms with Crippen LogP contribution in [-0.2, 0) is 7.05 Å². The molecule has 0 amide bonds. The van der Waals surface area contributed by atoms with Gasteiger partial charge < -0.3 is 16.4 Å². The molecule has 2 heterocycles. The second-order valence-electron chi connectivity index (χ2n) is 4.72. The van der Waals surface area contributed by atoms with Crippen LogP contribution in [0.15, 0.2) is 17.5 Å². The first kappa shape index (κ1) is 17.4. The fourth-order valence-corrected chi connectivity index (χ4v) is 1.79. The lowest BCUT2D eigenvalue weighted by molar-refractivity contribution is 0.724. The molecule has 0 unspecified atom stereocenters. The molecule has 2 aromatic rings. The van der Waals surface area contributed by atoms with E-state index >= 15 is 0 Å². The fourth-order valence-electron chi connectivity index (χ4n) is 1.79. The summed E-state index contributed by atoms with van der Waals surface area (Å²) in [5, 5.41) is 11.3. The number of nitrogens with two attached hydrogens (primary N) is 1. The minimum atomic E-state index is 0. The van der Waals surface area contributed by atoms with Gasteiger partial charge in [0.1, 0.15) is 12.1 Å². The third-order valence-corrected chi connectivity index (χ3v) is 2.65. The molecule has 2 rings (SSSR count). The van der Waals surface area contributed by atoms with E-state index in [0.29, 0.717) is 19.0 Å². The summed E-state index contributed by atoms with van der Waals surface area (Å²) in [7, 11) is 1.85. The highest BCUT2D eigenvalue weighted by Gasteiger charge is 2.06. The van der Waals surface area contributed by atoms with Crippen LogP contribution in [0.4, 0.5) is 5.82 Å². The molecule has 0 aliphatic rings. The topological polar surface area (TPSA) is 106 Å². The Morgan fingerprint density at radius 2 is 2.19 bits per heavy atom. The molecule has 0 fully saturated rings. The van der Waals surface area contributed by atoms with Crippen molar-refractivity contribution in [3.05, 3.63) is 12.5 Å². The lowest BCUT2D eigenvalue weighted by Gasteiger charge is -2.09. The largest absolute Gasteiger partial charge is 0.370 e. The molecular weight excluding hydrogens is 383 g/mol. The number of hydrogen-bond acceptors (Lipinski definition) is 5. The lowest BCUT2D eigenvalue weighted by atomic mass is 10.4. The number of nitrogens with one attached hydrogen (secondary N) is 2.